The monoisotopic (exact) mass is 296 g/mol. The van der Waals surface area contributed by atoms with Crippen LogP contribution >= 0.6 is 0 Å². The summed E-state index contributed by atoms with van der Waals surface area (Å²) in [7, 11) is 0. The molecule has 118 valence electrons. The van der Waals surface area contributed by atoms with Crippen molar-refractivity contribution in [2.75, 3.05) is 13.1 Å². The number of hydrogen-bond donors (Lipinski definition) is 2. The molecule has 0 aliphatic heterocycles. The summed E-state index contributed by atoms with van der Waals surface area (Å²) < 4.78 is 5.24. The van der Waals surface area contributed by atoms with E-state index in [2.05, 4.69) is 5.32 Å². The molecule has 1 amide bonds. The average Bonchev–Trinajstić information content (AvgIpc) is 2.86. The molecule has 0 aliphatic rings. The fourth-order valence-electron chi connectivity index (χ4n) is 1.95. The van der Waals surface area contributed by atoms with Crippen LogP contribution in [0.4, 0.5) is 0 Å². The Hall–Kier alpha value is -1.82. The van der Waals surface area contributed by atoms with Gasteiger partial charge in [0.15, 0.2) is 0 Å². The normalized spacial score (nSPS) is 13.2. The SMILES string of the molecule is CC(NC(=O)CN(CCC(=O)O)C(C)(C)C)c1ccco1. The summed E-state index contributed by atoms with van der Waals surface area (Å²) in [6.07, 6.45) is 1.57. The predicted octanol–water partition coefficient (Wildman–Crippen LogP) is 2.03. The lowest BCUT2D eigenvalue weighted by atomic mass is 10.1. The Labute approximate surface area is 125 Å². The third-order valence-electron chi connectivity index (χ3n) is 3.23. The van der Waals surface area contributed by atoms with Gasteiger partial charge in [-0.1, -0.05) is 0 Å². The number of aliphatic carboxylic acids is 1. The molecule has 1 heterocycles. The van der Waals surface area contributed by atoms with Gasteiger partial charge in [0.05, 0.1) is 25.3 Å². The van der Waals surface area contributed by atoms with Gasteiger partial charge in [-0.25, -0.2) is 0 Å². The summed E-state index contributed by atoms with van der Waals surface area (Å²) >= 11 is 0. The van der Waals surface area contributed by atoms with Crippen LogP contribution in [0.1, 0.15) is 45.9 Å². The third-order valence-corrected chi connectivity index (χ3v) is 3.23. The Morgan fingerprint density at radius 2 is 2.10 bits per heavy atom. The van der Waals surface area contributed by atoms with E-state index < -0.39 is 5.97 Å². The topological polar surface area (TPSA) is 82.8 Å². The minimum Gasteiger partial charge on any atom is -0.481 e. The predicted molar refractivity (Wildman–Crippen MR) is 78.8 cm³/mol. The lowest BCUT2D eigenvalue weighted by Crippen LogP contribution is -2.48. The lowest BCUT2D eigenvalue weighted by molar-refractivity contribution is -0.138. The van der Waals surface area contributed by atoms with Crippen molar-refractivity contribution in [3.8, 4) is 0 Å². The first-order valence-electron chi connectivity index (χ1n) is 6.99. The molecule has 1 aromatic rings. The van der Waals surface area contributed by atoms with Crippen molar-refractivity contribution in [2.24, 2.45) is 0 Å². The molecule has 6 heteroatoms. The smallest absolute Gasteiger partial charge is 0.304 e. The van der Waals surface area contributed by atoms with E-state index in [-0.39, 0.29) is 30.5 Å². The summed E-state index contributed by atoms with van der Waals surface area (Å²) in [6, 6.07) is 3.36. The van der Waals surface area contributed by atoms with E-state index in [0.717, 1.165) is 0 Å². The second kappa shape index (κ2) is 7.26. The number of furan rings is 1. The van der Waals surface area contributed by atoms with Crippen molar-refractivity contribution >= 4 is 11.9 Å². The minimum absolute atomic E-state index is 0.0122. The number of nitrogens with one attached hydrogen (secondary N) is 1. The molecule has 1 unspecified atom stereocenters. The number of carboxylic acids is 1. The first-order valence-corrected chi connectivity index (χ1v) is 6.99. The van der Waals surface area contributed by atoms with Crippen LogP contribution in [0.5, 0.6) is 0 Å². The molecular formula is C15H24N2O4. The molecule has 0 fully saturated rings. The molecule has 1 aromatic heterocycles. The summed E-state index contributed by atoms with van der Waals surface area (Å²) in [4.78, 5) is 24.7. The highest BCUT2D eigenvalue weighted by Gasteiger charge is 2.25. The Morgan fingerprint density at radius 3 is 2.57 bits per heavy atom. The zero-order chi connectivity index (χ0) is 16.0. The fraction of sp³-hybridized carbons (Fsp3) is 0.600. The zero-order valence-electron chi connectivity index (χ0n) is 13.0. The van der Waals surface area contributed by atoms with Crippen molar-refractivity contribution in [3.05, 3.63) is 24.2 Å². The molecule has 0 radical (unpaired) electrons. The summed E-state index contributed by atoms with van der Waals surface area (Å²) in [6.45, 7) is 8.20. The van der Waals surface area contributed by atoms with Crippen LogP contribution in [0.25, 0.3) is 0 Å². The summed E-state index contributed by atoms with van der Waals surface area (Å²) in [5, 5.41) is 11.6. The Balaban J connectivity index is 2.57. The number of hydrogen-bond acceptors (Lipinski definition) is 4. The van der Waals surface area contributed by atoms with E-state index in [1.165, 1.54) is 0 Å². The second-order valence-corrected chi connectivity index (χ2v) is 6.04. The Kier molecular flexibility index (Phi) is 5.96. The van der Waals surface area contributed by atoms with Crippen molar-refractivity contribution in [1.29, 1.82) is 0 Å². The maximum absolute atomic E-state index is 12.1. The first kappa shape index (κ1) is 17.2. The number of nitrogens with zero attached hydrogens (tertiary/aromatic N) is 1. The molecule has 1 rings (SSSR count). The molecule has 0 saturated carbocycles. The van der Waals surface area contributed by atoms with Crippen LogP contribution in [0.15, 0.2) is 22.8 Å². The van der Waals surface area contributed by atoms with Gasteiger partial charge >= 0.3 is 5.97 Å². The van der Waals surface area contributed by atoms with E-state index in [0.29, 0.717) is 12.3 Å². The number of carboxylic acid groups (broad SMARTS) is 1. The van der Waals surface area contributed by atoms with Gasteiger partial charge in [0.25, 0.3) is 0 Å². The quantitative estimate of drug-likeness (QED) is 0.804. The van der Waals surface area contributed by atoms with E-state index in [1.807, 2.05) is 32.6 Å². The first-order chi connectivity index (χ1) is 9.70. The second-order valence-electron chi connectivity index (χ2n) is 6.04. The molecule has 2 N–H and O–H groups in total. The van der Waals surface area contributed by atoms with Gasteiger partial charge < -0.3 is 14.8 Å². The van der Waals surface area contributed by atoms with Crippen LogP contribution in [0.3, 0.4) is 0 Å². The van der Waals surface area contributed by atoms with Crippen molar-refractivity contribution in [1.82, 2.24) is 10.2 Å². The number of rotatable bonds is 7. The number of carbonyl (C=O) groups is 2. The van der Waals surface area contributed by atoms with E-state index in [4.69, 9.17) is 9.52 Å². The van der Waals surface area contributed by atoms with Crippen LogP contribution in [-0.4, -0.2) is 40.5 Å². The van der Waals surface area contributed by atoms with Gasteiger partial charge in [0.2, 0.25) is 5.91 Å². The van der Waals surface area contributed by atoms with Gasteiger partial charge in [-0.2, -0.15) is 0 Å². The summed E-state index contributed by atoms with van der Waals surface area (Å²) in [5.74, 6) is -0.330. The van der Waals surface area contributed by atoms with Crippen molar-refractivity contribution < 1.29 is 19.1 Å². The molecule has 1 atom stereocenters. The number of carbonyl (C=O) groups excluding carboxylic acids is 1. The highest BCUT2D eigenvalue weighted by molar-refractivity contribution is 5.78. The molecule has 6 nitrogen and oxygen atoms in total. The molecule has 0 saturated heterocycles. The average molecular weight is 296 g/mol. The third kappa shape index (κ3) is 5.99. The largest absolute Gasteiger partial charge is 0.481 e. The van der Waals surface area contributed by atoms with Crippen molar-refractivity contribution in [3.63, 3.8) is 0 Å². The van der Waals surface area contributed by atoms with E-state index >= 15 is 0 Å². The number of amides is 1. The van der Waals surface area contributed by atoms with E-state index in [9.17, 15) is 9.59 Å². The van der Waals surface area contributed by atoms with Crippen LogP contribution in [-0.2, 0) is 9.59 Å². The van der Waals surface area contributed by atoms with Crippen LogP contribution in [0.2, 0.25) is 0 Å². The molecule has 0 spiro atoms. The van der Waals surface area contributed by atoms with E-state index in [1.54, 1.807) is 18.4 Å². The maximum Gasteiger partial charge on any atom is 0.304 e. The highest BCUT2D eigenvalue weighted by Crippen LogP contribution is 2.15. The van der Waals surface area contributed by atoms with Crippen LogP contribution in [0, 0.1) is 0 Å². The molecule has 21 heavy (non-hydrogen) atoms. The highest BCUT2D eigenvalue weighted by atomic mass is 16.4. The van der Waals surface area contributed by atoms with Gasteiger partial charge in [-0.15, -0.1) is 0 Å². The molecular weight excluding hydrogens is 272 g/mol. The molecule has 0 aliphatic carbocycles. The lowest BCUT2D eigenvalue weighted by Gasteiger charge is -2.34. The Bertz CT molecular complexity index is 463. The van der Waals surface area contributed by atoms with Gasteiger partial charge in [-0.05, 0) is 39.8 Å². The minimum atomic E-state index is -0.867. The standard InChI is InChI=1S/C15H24N2O4/c1-11(12-6-5-9-21-12)16-13(18)10-17(15(2,3)4)8-7-14(19)20/h5-6,9,11H,7-8,10H2,1-4H3,(H,16,18)(H,19,20). The molecule has 0 bridgehead atoms. The summed E-state index contributed by atoms with van der Waals surface area (Å²) in [5.41, 5.74) is -0.277. The van der Waals surface area contributed by atoms with Gasteiger partial charge in [0, 0.05) is 12.1 Å². The van der Waals surface area contributed by atoms with Gasteiger partial charge in [-0.3, -0.25) is 14.5 Å². The zero-order valence-corrected chi connectivity index (χ0v) is 13.0. The maximum atomic E-state index is 12.1. The fourth-order valence-corrected chi connectivity index (χ4v) is 1.95. The van der Waals surface area contributed by atoms with Crippen LogP contribution < -0.4 is 5.32 Å². The van der Waals surface area contributed by atoms with Gasteiger partial charge in [0.1, 0.15) is 5.76 Å². The van der Waals surface area contributed by atoms with Crippen molar-refractivity contribution in [2.45, 2.75) is 45.7 Å². The molecule has 0 aromatic carbocycles. The Morgan fingerprint density at radius 1 is 1.43 bits per heavy atom.